The molecule has 19 rings (SSSR count). The molecule has 120 heavy (non-hydrogen) atoms. The number of nitrogen functional groups attached to an aromatic ring is 1. The summed E-state index contributed by atoms with van der Waals surface area (Å²) in [6.07, 6.45) is 21.3. The van der Waals surface area contributed by atoms with Crippen LogP contribution < -0.4 is 33.7 Å². The molecule has 3 saturated carbocycles. The van der Waals surface area contributed by atoms with Crippen molar-refractivity contribution in [3.8, 4) is 62.3 Å². The number of hydrogen-bond acceptors (Lipinski definition) is 13. The van der Waals surface area contributed by atoms with Gasteiger partial charge in [-0.1, -0.05) is 97.4 Å². The van der Waals surface area contributed by atoms with Gasteiger partial charge in [0, 0.05) is 145 Å². The second-order valence-corrected chi connectivity index (χ2v) is 32.5. The number of hydrogen-bond donors (Lipinski definition) is 5. The largest absolute Gasteiger partial charge is 0.394 e. The summed E-state index contributed by atoms with van der Waals surface area (Å²) in [7, 11) is 3.37. The van der Waals surface area contributed by atoms with E-state index in [4.69, 9.17) is 11.5 Å². The van der Waals surface area contributed by atoms with Gasteiger partial charge in [-0.15, -0.1) is 0 Å². The molecule has 6 fully saturated rings. The van der Waals surface area contributed by atoms with Gasteiger partial charge in [-0.3, -0.25) is 52.1 Å². The number of imidazole rings is 1. The molecule has 0 unspecified atom stereocenters. The summed E-state index contributed by atoms with van der Waals surface area (Å²) in [5.74, 6) is 6.19. The summed E-state index contributed by atoms with van der Waals surface area (Å²) in [5, 5.41) is 36.5. The Hall–Kier alpha value is -13.5. The number of nitrogens with two attached hydrogens (primary N) is 2. The Balaban J connectivity index is 0.000000128. The van der Waals surface area contributed by atoms with Gasteiger partial charge in [0.05, 0.1) is 60.6 Å². The number of likely N-dealkylation sites (tertiary alicyclic amines) is 3. The van der Waals surface area contributed by atoms with Crippen LogP contribution in [0.15, 0.2) is 227 Å². The van der Waals surface area contributed by atoms with E-state index in [1.165, 1.54) is 53.0 Å². The Bertz CT molecular complexity index is 6730. The van der Waals surface area contributed by atoms with E-state index in [1.54, 1.807) is 103 Å². The number of allylic oxidation sites excluding steroid dienone is 1. The SMILES string of the molecule is C/C=C/C(=O)N1CC(c2cc3cc(C4CC4)ccc3c(=O)n2-c2cccc(-c3cc(C(N)=O)n(C)c3)c2CO)C1.C=CC(=O)N1CC(Cc2cc3cc(C4CC4)ccc3c(=O)n2-c2cccc(-c3ccc4cncn4c3)c2CO)C1.CC#CC(=O)N1CC(c2cc3cc(C4CC4)ccc3c(=O)n2-c2cccc(-c3cc(N)c(=O)n(C)c3)c2CO)C1. The zero-order chi connectivity index (χ0) is 83.6. The molecule has 7 N–H and O–H groups in total. The van der Waals surface area contributed by atoms with Crippen LogP contribution in [-0.2, 0) is 54.7 Å². The van der Waals surface area contributed by atoms with Crippen LogP contribution in [0.4, 0.5) is 5.69 Å². The molecule has 0 radical (unpaired) electrons. The fourth-order valence-electron chi connectivity index (χ4n) is 17.6. The van der Waals surface area contributed by atoms with Crippen LogP contribution in [0, 0.1) is 17.8 Å². The zero-order valence-electron chi connectivity index (χ0n) is 67.3. The second-order valence-electron chi connectivity index (χ2n) is 32.5. The van der Waals surface area contributed by atoms with Crippen molar-refractivity contribution in [3.05, 3.63) is 305 Å². The van der Waals surface area contributed by atoms with Crippen LogP contribution >= 0.6 is 0 Å². The summed E-state index contributed by atoms with van der Waals surface area (Å²) in [6, 6.07) is 48.8. The molecule has 6 aliphatic rings. The number of benzene rings is 6. The summed E-state index contributed by atoms with van der Waals surface area (Å²) in [6.45, 7) is 9.37. The van der Waals surface area contributed by atoms with Crippen LogP contribution in [0.5, 0.6) is 0 Å². The van der Waals surface area contributed by atoms with Crippen LogP contribution in [-0.4, -0.2) is 125 Å². The number of fused-ring (bicyclic) bond motifs is 4. The summed E-state index contributed by atoms with van der Waals surface area (Å²) >= 11 is 0. The fraction of sp³-hybridized carbons (Fsp3) is 0.268. The maximum atomic E-state index is 14.2. The maximum absolute atomic E-state index is 14.2. The lowest BCUT2D eigenvalue weighted by Gasteiger charge is -2.40. The number of rotatable bonds is 19. The van der Waals surface area contributed by atoms with Crippen molar-refractivity contribution in [3.63, 3.8) is 0 Å². The first-order valence-corrected chi connectivity index (χ1v) is 40.8. The molecular formula is C97H92N12O11. The third-order valence-corrected chi connectivity index (χ3v) is 24.5. The highest BCUT2D eigenvalue weighted by atomic mass is 16.3. The third-order valence-electron chi connectivity index (χ3n) is 24.5. The molecule has 3 aliphatic carbocycles. The van der Waals surface area contributed by atoms with E-state index < -0.39 is 5.91 Å². The van der Waals surface area contributed by atoms with Gasteiger partial charge in [-0.05, 0) is 228 Å². The third kappa shape index (κ3) is 15.0. The Morgan fingerprint density at radius 2 is 0.983 bits per heavy atom. The normalized spacial score (nSPS) is 15.4. The lowest BCUT2D eigenvalue weighted by molar-refractivity contribution is -0.132. The smallest absolute Gasteiger partial charge is 0.298 e. The van der Waals surface area contributed by atoms with Gasteiger partial charge in [-0.2, -0.15) is 0 Å². The quantitative estimate of drug-likeness (QED) is 0.0372. The number of aliphatic hydroxyl groups is 3. The number of pyridine rings is 5. The van der Waals surface area contributed by atoms with Crippen molar-refractivity contribution in [2.24, 2.45) is 25.7 Å². The Labute approximate surface area is 691 Å². The van der Waals surface area contributed by atoms with Gasteiger partial charge in [0.25, 0.3) is 34.1 Å². The molecular weight excluding hydrogens is 1510 g/mol. The van der Waals surface area contributed by atoms with Gasteiger partial charge in [-0.25, -0.2) is 4.98 Å². The highest BCUT2D eigenvalue weighted by molar-refractivity contribution is 5.95. The number of anilines is 1. The summed E-state index contributed by atoms with van der Waals surface area (Å²) in [4.78, 5) is 113. The molecule has 4 amide bonds. The minimum absolute atomic E-state index is 0.0377. The molecule has 0 bridgehead atoms. The zero-order valence-corrected chi connectivity index (χ0v) is 67.3. The van der Waals surface area contributed by atoms with Crippen LogP contribution in [0.2, 0.25) is 0 Å². The van der Waals surface area contributed by atoms with Crippen molar-refractivity contribution < 1.29 is 34.5 Å². The Morgan fingerprint density at radius 3 is 1.45 bits per heavy atom. The van der Waals surface area contributed by atoms with Gasteiger partial charge < -0.3 is 55.0 Å². The monoisotopic (exact) mass is 1600 g/mol. The molecule has 3 aliphatic heterocycles. The molecule has 0 spiro atoms. The molecule has 606 valence electrons. The minimum Gasteiger partial charge on any atom is -0.394 e. The average molecular weight is 1600 g/mol. The molecule has 10 heterocycles. The van der Waals surface area contributed by atoms with E-state index in [0.717, 1.165) is 68.3 Å². The molecule has 13 aromatic rings. The number of primary amides is 1. The van der Waals surface area contributed by atoms with E-state index in [0.29, 0.717) is 136 Å². The van der Waals surface area contributed by atoms with Gasteiger partial charge in [0.15, 0.2) is 0 Å². The molecule has 7 aromatic heterocycles. The predicted octanol–water partition coefficient (Wildman–Crippen LogP) is 12.1. The van der Waals surface area contributed by atoms with Crippen LogP contribution in [0.3, 0.4) is 0 Å². The molecule has 3 saturated heterocycles. The van der Waals surface area contributed by atoms with Crippen LogP contribution in [0.25, 0.3) is 88.3 Å². The molecule has 6 aromatic carbocycles. The standard InChI is InChI=1S/C33H30N4O3.C32H30N4O4.C32H32N4O4/c1-2-32(39)35-16-21(17-35)12-27-14-25-13-23(22-6-7-22)9-11-29(25)33(40)37(27)31-5-3-4-28(30(31)19-38)24-8-10-26-15-34-20-36(26)18-24;1-3-5-30(38)35-16-23(17-35)29-14-21-12-20(19-8-9-19)10-11-25(21)31(39)36(29)28-7-4-6-24(26(28)18-37)22-13-27(33)32(40)34(2)15-22;1-3-5-30(38)35-16-23(17-35)28-13-21-12-20(19-8-9-19)10-11-25(21)32(40)36(28)27-7-4-6-24(26(27)18-37)22-14-29(31(33)39)34(2)15-22/h2-5,8-11,13-15,18,20-22,38H,1,6-7,12,16-17,19H2;4,6-7,10-15,19,23,37H,8-9,16-18,33H2,1-2H3;3-7,10-15,19,23,37H,8-9,16-18H2,1-2H3,(H2,33,39)/b;;5-3+. The van der Waals surface area contributed by atoms with Crippen molar-refractivity contribution in [1.82, 2.24) is 46.9 Å². The number of carbonyl (C=O) groups is 4. The van der Waals surface area contributed by atoms with Crippen molar-refractivity contribution >= 4 is 67.2 Å². The Kier molecular flexibility index (Phi) is 21.3. The highest BCUT2D eigenvalue weighted by Crippen LogP contribution is 2.45. The first-order chi connectivity index (χ1) is 58.1. The summed E-state index contributed by atoms with van der Waals surface area (Å²) < 4.78 is 10.2. The van der Waals surface area contributed by atoms with E-state index in [2.05, 4.69) is 65.9 Å². The van der Waals surface area contributed by atoms with Gasteiger partial charge >= 0.3 is 0 Å². The molecule has 0 atom stereocenters. The number of nitrogens with zero attached hydrogens (tertiary/aromatic N) is 10. The number of aryl methyl sites for hydroxylation is 2. The highest BCUT2D eigenvalue weighted by Gasteiger charge is 2.38. The van der Waals surface area contributed by atoms with Crippen LogP contribution in [0.1, 0.15) is 143 Å². The number of aliphatic hydroxyl groups excluding tert-OH is 3. The minimum atomic E-state index is -0.545. The van der Waals surface area contributed by atoms with Crippen molar-refractivity contribution in [1.29, 1.82) is 0 Å². The first kappa shape index (κ1) is 79.0. The van der Waals surface area contributed by atoms with Crippen molar-refractivity contribution in [2.45, 2.75) is 108 Å². The molecule has 23 heteroatoms. The molecule has 23 nitrogen and oxygen atoms in total. The number of aromatic nitrogens is 7. The predicted molar refractivity (Wildman–Crippen MR) is 465 cm³/mol. The van der Waals surface area contributed by atoms with Crippen molar-refractivity contribution in [2.75, 3.05) is 45.0 Å². The average Bonchev–Trinajstić information content (AvgIpc) is 1.09. The maximum Gasteiger partial charge on any atom is 0.298 e. The fourth-order valence-corrected chi connectivity index (χ4v) is 17.6. The topological polar surface area (TPSA) is 301 Å². The van der Waals surface area contributed by atoms with E-state index >= 15 is 0 Å². The van der Waals surface area contributed by atoms with Gasteiger partial charge in [0.1, 0.15) is 5.69 Å². The second kappa shape index (κ2) is 32.4. The lowest BCUT2D eigenvalue weighted by Crippen LogP contribution is -2.50. The van der Waals surface area contributed by atoms with E-state index in [1.807, 2.05) is 115 Å². The lowest BCUT2D eigenvalue weighted by atomic mass is 9.92. The van der Waals surface area contributed by atoms with E-state index in [-0.39, 0.29) is 83.2 Å². The Morgan fingerprint density at radius 1 is 0.517 bits per heavy atom. The summed E-state index contributed by atoms with van der Waals surface area (Å²) in [5.41, 5.74) is 26.6. The first-order valence-electron chi connectivity index (χ1n) is 40.8. The van der Waals surface area contributed by atoms with Gasteiger partial charge in [0.2, 0.25) is 11.8 Å². The number of amides is 4. The van der Waals surface area contributed by atoms with E-state index in [9.17, 15) is 53.7 Å². The number of carbonyl (C=O) groups excluding carboxylic acids is 4.